The third kappa shape index (κ3) is 15.6. The lowest BCUT2D eigenvalue weighted by atomic mass is 9.93. The normalized spacial score (nSPS) is 17.2. The molecule has 6 aromatic rings. The Labute approximate surface area is 558 Å². The zero-order valence-corrected chi connectivity index (χ0v) is 54.1. The number of aliphatic imine (C=N–C) groups is 1. The van der Waals surface area contributed by atoms with Crippen molar-refractivity contribution in [3.63, 3.8) is 0 Å². The minimum Gasteiger partial charge on any atom is -0.493 e. The Balaban J connectivity index is 0.702. The quantitative estimate of drug-likeness (QED) is 0.0324. The Bertz CT molecular complexity index is 4080. The standard InChI is InChI=1S/C71H74N10O16/c1-41(2)65(77-62(83)24-27-94-28-25-72-61(82)23-26-78-63(84)21-22-64(78)85)67(87)74-42(3)66(86)76-48-19-17-43(18-20-48)38-97-71(91)81-55-34-60(58(93-5)32-53(55)69(89)80-37-47-14-9-7-12-45(47)30-56(80)70(81)90)96-40-50-16-10-15-49(75-50)39-95-59-33-54-52(31-57(59)92-4)68(88)79-36-46-13-8-6-11-44(46)29-51(79)35-73-54/h6-22,31-35,41-42,51,56,65,70,90H,23-30,36-40H2,1-5H3,(H,72,82)(H,74,87)(H,76,86)(H,77,83)/t42-,51-,56-,65-,70?/m0/s1. The number of aliphatic hydroxyl groups excluding tert-OH is 1. The van der Waals surface area contributed by atoms with Gasteiger partial charge in [-0.2, -0.15) is 0 Å². The van der Waals surface area contributed by atoms with Crippen LogP contribution in [-0.2, 0) is 84.0 Å². The smallest absolute Gasteiger partial charge is 0.416 e. The lowest BCUT2D eigenvalue weighted by molar-refractivity contribution is -0.137. The van der Waals surface area contributed by atoms with E-state index in [4.69, 9.17) is 38.4 Å². The molecule has 0 fully saturated rings. The molecule has 5 aliphatic heterocycles. The number of methoxy groups -OCH3 is 2. The minimum atomic E-state index is -1.61. The van der Waals surface area contributed by atoms with Gasteiger partial charge in [0.25, 0.3) is 23.6 Å². The molecule has 9 amide bonds. The molecular weight excluding hydrogens is 1250 g/mol. The summed E-state index contributed by atoms with van der Waals surface area (Å²) in [6.45, 7) is 5.33. The molecule has 0 saturated carbocycles. The van der Waals surface area contributed by atoms with E-state index in [1.165, 1.54) is 43.7 Å². The molecular formula is C71H74N10O16. The number of aromatic nitrogens is 1. The van der Waals surface area contributed by atoms with Gasteiger partial charge in [0.2, 0.25) is 23.6 Å². The van der Waals surface area contributed by atoms with Crippen LogP contribution in [0, 0.1) is 5.92 Å². The first-order valence-corrected chi connectivity index (χ1v) is 31.8. The van der Waals surface area contributed by atoms with Gasteiger partial charge in [-0.25, -0.2) is 9.69 Å². The summed E-state index contributed by atoms with van der Waals surface area (Å²) in [5.74, 6) is -2.95. The van der Waals surface area contributed by atoms with E-state index in [0.717, 1.165) is 38.6 Å². The predicted octanol–water partition coefficient (Wildman–Crippen LogP) is 6.00. The number of ether oxygens (including phenoxy) is 6. The lowest BCUT2D eigenvalue weighted by Crippen LogP contribution is -2.55. The first kappa shape index (κ1) is 67.4. The SMILES string of the molecule is COc1cc2c(cc1OCc1cccc(COc3cc4c(cc3OC)C(=O)N3Cc5ccccc5C[C@H]3C(O)N4C(=O)OCc3ccc(NC(=O)[C@H](C)NC(=O)[C@@H](NC(=O)CCOCCNC(=O)CCN4C(=O)C=CC4=O)C(C)C)cc3)n1)N=C[C@@H]1Cc3ccccc3CN1C2=O. The molecule has 26 nitrogen and oxygen atoms in total. The van der Waals surface area contributed by atoms with E-state index in [1.807, 2.05) is 53.6 Å². The van der Waals surface area contributed by atoms with Gasteiger partial charge in [-0.15, -0.1) is 0 Å². The van der Waals surface area contributed by atoms with Gasteiger partial charge in [0.1, 0.15) is 31.9 Å². The molecule has 0 radical (unpaired) electrons. The number of nitrogens with one attached hydrogen (secondary N) is 4. The molecule has 5 N–H and O–H groups in total. The number of benzene rings is 5. The van der Waals surface area contributed by atoms with E-state index in [1.54, 1.807) is 68.4 Å². The number of aliphatic hydroxyl groups is 1. The topological polar surface area (TPSA) is 316 Å². The van der Waals surface area contributed by atoms with Crippen molar-refractivity contribution in [2.24, 2.45) is 10.9 Å². The summed E-state index contributed by atoms with van der Waals surface area (Å²) in [6, 6.07) is 30.5. The van der Waals surface area contributed by atoms with Gasteiger partial charge in [0, 0.05) is 75.2 Å². The number of fused-ring (bicyclic) bond motifs is 6. The molecule has 0 spiro atoms. The van der Waals surface area contributed by atoms with Crippen molar-refractivity contribution in [2.45, 2.75) is 110 Å². The fraction of sp³-hybridized carbons (Fsp3) is 0.338. The fourth-order valence-corrected chi connectivity index (χ4v) is 12.0. The Morgan fingerprint density at radius 1 is 0.639 bits per heavy atom. The summed E-state index contributed by atoms with van der Waals surface area (Å²) in [7, 11) is 2.92. The highest BCUT2D eigenvalue weighted by Gasteiger charge is 2.46. The molecule has 97 heavy (non-hydrogen) atoms. The van der Waals surface area contributed by atoms with Crippen LogP contribution in [0.3, 0.4) is 0 Å². The number of anilines is 2. The van der Waals surface area contributed by atoms with Crippen molar-refractivity contribution in [3.05, 3.63) is 178 Å². The maximum atomic E-state index is 14.8. The highest BCUT2D eigenvalue weighted by Crippen LogP contribution is 2.43. The molecule has 504 valence electrons. The number of rotatable bonds is 25. The molecule has 1 unspecified atom stereocenters. The van der Waals surface area contributed by atoms with Crippen LogP contribution in [0.5, 0.6) is 23.0 Å². The third-order valence-electron chi connectivity index (χ3n) is 17.3. The second-order valence-electron chi connectivity index (χ2n) is 24.1. The second-order valence-corrected chi connectivity index (χ2v) is 24.1. The lowest BCUT2D eigenvalue weighted by Gasteiger charge is -2.39. The average Bonchev–Trinajstić information content (AvgIpc) is 1.64. The van der Waals surface area contributed by atoms with E-state index in [0.29, 0.717) is 58.4 Å². The van der Waals surface area contributed by atoms with E-state index in [-0.39, 0.29) is 118 Å². The molecule has 6 heterocycles. The number of amides is 9. The van der Waals surface area contributed by atoms with E-state index in [2.05, 4.69) is 27.3 Å². The average molecular weight is 1320 g/mol. The van der Waals surface area contributed by atoms with Crippen LogP contribution in [-0.4, -0.2) is 155 Å². The van der Waals surface area contributed by atoms with Gasteiger partial charge in [-0.1, -0.05) is 80.6 Å². The van der Waals surface area contributed by atoms with Crippen molar-refractivity contribution in [3.8, 4) is 23.0 Å². The molecule has 0 aliphatic carbocycles. The maximum Gasteiger partial charge on any atom is 0.416 e. The Morgan fingerprint density at radius 2 is 1.26 bits per heavy atom. The van der Waals surface area contributed by atoms with Crippen LogP contribution in [0.15, 0.2) is 132 Å². The van der Waals surface area contributed by atoms with Gasteiger partial charge in [-0.3, -0.25) is 53.2 Å². The van der Waals surface area contributed by atoms with Crippen LogP contribution in [0.4, 0.5) is 21.9 Å². The predicted molar refractivity (Wildman–Crippen MR) is 352 cm³/mol. The fourth-order valence-electron chi connectivity index (χ4n) is 12.0. The van der Waals surface area contributed by atoms with Gasteiger partial charge < -0.3 is 64.6 Å². The Hall–Kier alpha value is -11.0. The highest BCUT2D eigenvalue weighted by molar-refractivity contribution is 6.13. The summed E-state index contributed by atoms with van der Waals surface area (Å²) in [4.78, 5) is 134. The van der Waals surface area contributed by atoms with Crippen LogP contribution < -0.4 is 45.1 Å². The van der Waals surface area contributed by atoms with Crippen molar-refractivity contribution in [1.29, 1.82) is 0 Å². The van der Waals surface area contributed by atoms with Crippen molar-refractivity contribution in [1.82, 2.24) is 35.6 Å². The van der Waals surface area contributed by atoms with Crippen molar-refractivity contribution < 1.29 is 76.7 Å². The zero-order chi connectivity index (χ0) is 68.4. The van der Waals surface area contributed by atoms with Gasteiger partial charge in [-0.05, 0) is 89.9 Å². The number of pyridine rings is 1. The largest absolute Gasteiger partial charge is 0.493 e. The molecule has 0 bridgehead atoms. The summed E-state index contributed by atoms with van der Waals surface area (Å²) >= 11 is 0. The first-order chi connectivity index (χ1) is 46.8. The van der Waals surface area contributed by atoms with E-state index in [9.17, 15) is 48.3 Å². The first-order valence-electron chi connectivity index (χ1n) is 31.8. The number of imide groups is 1. The number of hydrogen-bond donors (Lipinski definition) is 5. The molecule has 5 atom stereocenters. The van der Waals surface area contributed by atoms with E-state index < -0.39 is 65.9 Å². The molecule has 5 aliphatic rings. The monoisotopic (exact) mass is 1320 g/mol. The van der Waals surface area contributed by atoms with Crippen LogP contribution in [0.2, 0.25) is 0 Å². The van der Waals surface area contributed by atoms with Gasteiger partial charge in [0.05, 0.1) is 73.4 Å². The molecule has 0 saturated heterocycles. The van der Waals surface area contributed by atoms with Crippen molar-refractivity contribution >= 4 is 76.6 Å². The number of carbonyl (C=O) groups excluding carboxylic acids is 9. The van der Waals surface area contributed by atoms with Crippen LogP contribution in [0.25, 0.3) is 0 Å². The summed E-state index contributed by atoms with van der Waals surface area (Å²) < 4.78 is 35.6. The summed E-state index contributed by atoms with van der Waals surface area (Å²) in [5.41, 5.74) is 6.84. The Morgan fingerprint density at radius 3 is 1.92 bits per heavy atom. The van der Waals surface area contributed by atoms with Crippen LogP contribution in [0.1, 0.15) is 93.5 Å². The molecule has 5 aromatic carbocycles. The van der Waals surface area contributed by atoms with E-state index >= 15 is 0 Å². The van der Waals surface area contributed by atoms with Gasteiger partial charge in [0.15, 0.2) is 29.2 Å². The summed E-state index contributed by atoms with van der Waals surface area (Å²) in [5, 5.41) is 23.1. The maximum absolute atomic E-state index is 14.8. The van der Waals surface area contributed by atoms with Crippen molar-refractivity contribution in [2.75, 3.05) is 50.7 Å². The number of carbonyl (C=O) groups is 9. The molecule has 11 rings (SSSR count). The zero-order valence-electron chi connectivity index (χ0n) is 54.1. The highest BCUT2D eigenvalue weighted by atomic mass is 16.6. The van der Waals surface area contributed by atoms with Gasteiger partial charge >= 0.3 is 6.09 Å². The summed E-state index contributed by atoms with van der Waals surface area (Å²) in [6.07, 6.45) is 2.21. The Kier molecular flexibility index (Phi) is 21.0. The molecule has 26 heteroatoms. The number of hydrogen-bond acceptors (Lipinski definition) is 18. The minimum absolute atomic E-state index is 0.00212. The second kappa shape index (κ2) is 30.2. The molecule has 1 aromatic heterocycles. The van der Waals surface area contributed by atoms with Crippen LogP contribution >= 0.6 is 0 Å². The number of nitrogens with zero attached hydrogens (tertiary/aromatic N) is 6. The third-order valence-corrected chi connectivity index (χ3v) is 17.3.